The molecule has 0 bridgehead atoms. The maximum Gasteiger partial charge on any atom is 0.206 e. The highest BCUT2D eigenvalue weighted by molar-refractivity contribution is 7.14. The molecule has 0 unspecified atom stereocenters. The first-order chi connectivity index (χ1) is 8.11. The number of aromatic hydroxyl groups is 1. The molecule has 0 aliphatic heterocycles. The maximum absolute atomic E-state index is 12.2. The molecule has 2 nitrogen and oxygen atoms in total. The first-order valence-electron chi connectivity index (χ1n) is 5.55. The van der Waals surface area contributed by atoms with E-state index < -0.39 is 0 Å². The highest BCUT2D eigenvalue weighted by Gasteiger charge is 2.15. The van der Waals surface area contributed by atoms with Crippen LogP contribution in [-0.4, -0.2) is 10.9 Å². The van der Waals surface area contributed by atoms with E-state index >= 15 is 0 Å². The number of aryl methyl sites for hydroxylation is 2. The molecule has 0 saturated carbocycles. The normalized spacial score (nSPS) is 10.5. The van der Waals surface area contributed by atoms with Crippen LogP contribution in [0, 0.1) is 6.92 Å². The Balaban J connectivity index is 2.43. The lowest BCUT2D eigenvalue weighted by molar-refractivity contribution is 0.104. The summed E-state index contributed by atoms with van der Waals surface area (Å²) in [6.07, 6.45) is 0.851. The van der Waals surface area contributed by atoms with Gasteiger partial charge in [-0.15, -0.1) is 11.3 Å². The second-order valence-corrected chi connectivity index (χ2v) is 5.23. The topological polar surface area (TPSA) is 37.3 Å². The van der Waals surface area contributed by atoms with Gasteiger partial charge in [0.25, 0.3) is 0 Å². The number of thiophene rings is 1. The molecule has 3 heteroatoms. The van der Waals surface area contributed by atoms with Gasteiger partial charge in [0.1, 0.15) is 5.75 Å². The van der Waals surface area contributed by atoms with Crippen molar-refractivity contribution in [2.24, 2.45) is 0 Å². The maximum atomic E-state index is 12.2. The summed E-state index contributed by atoms with van der Waals surface area (Å²) in [5.41, 5.74) is 1.45. The highest BCUT2D eigenvalue weighted by Crippen LogP contribution is 2.25. The fourth-order valence-electron chi connectivity index (χ4n) is 1.67. The van der Waals surface area contributed by atoms with Crippen LogP contribution in [0.5, 0.6) is 5.75 Å². The summed E-state index contributed by atoms with van der Waals surface area (Å²) in [6, 6.07) is 8.92. The SMILES string of the molecule is CCc1ccc(O)c(C(=O)c2ccc(C)s2)c1. The molecule has 1 aromatic carbocycles. The van der Waals surface area contributed by atoms with Crippen LogP contribution in [0.1, 0.15) is 32.6 Å². The first-order valence-corrected chi connectivity index (χ1v) is 6.36. The summed E-state index contributed by atoms with van der Waals surface area (Å²) in [5.74, 6) is -0.0471. The largest absolute Gasteiger partial charge is 0.507 e. The quantitative estimate of drug-likeness (QED) is 0.841. The number of carbonyl (C=O) groups is 1. The van der Waals surface area contributed by atoms with Crippen LogP contribution >= 0.6 is 11.3 Å². The lowest BCUT2D eigenvalue weighted by atomic mass is 10.0. The number of rotatable bonds is 3. The predicted molar refractivity (Wildman–Crippen MR) is 70.0 cm³/mol. The van der Waals surface area contributed by atoms with Crippen LogP contribution in [0.4, 0.5) is 0 Å². The lowest BCUT2D eigenvalue weighted by Gasteiger charge is -2.04. The van der Waals surface area contributed by atoms with Gasteiger partial charge in [0.05, 0.1) is 10.4 Å². The Kier molecular flexibility index (Phi) is 3.29. The van der Waals surface area contributed by atoms with Crippen LogP contribution < -0.4 is 0 Å². The zero-order valence-electron chi connectivity index (χ0n) is 9.86. The summed E-state index contributed by atoms with van der Waals surface area (Å²) < 4.78 is 0. The molecule has 17 heavy (non-hydrogen) atoms. The molecule has 1 aromatic heterocycles. The van der Waals surface area contributed by atoms with Gasteiger partial charge in [0.2, 0.25) is 5.78 Å². The van der Waals surface area contributed by atoms with Crippen molar-refractivity contribution < 1.29 is 9.90 Å². The molecule has 0 aliphatic carbocycles. The van der Waals surface area contributed by atoms with E-state index in [0.717, 1.165) is 16.9 Å². The molecule has 0 radical (unpaired) electrons. The van der Waals surface area contributed by atoms with Crippen molar-refractivity contribution in [2.45, 2.75) is 20.3 Å². The Morgan fingerprint density at radius 3 is 2.65 bits per heavy atom. The third kappa shape index (κ3) is 2.39. The summed E-state index contributed by atoms with van der Waals surface area (Å²) >= 11 is 1.45. The average Bonchev–Trinajstić information content (AvgIpc) is 2.76. The number of hydrogen-bond donors (Lipinski definition) is 1. The van der Waals surface area contributed by atoms with Crippen molar-refractivity contribution in [1.29, 1.82) is 0 Å². The van der Waals surface area contributed by atoms with E-state index in [-0.39, 0.29) is 11.5 Å². The van der Waals surface area contributed by atoms with Crippen molar-refractivity contribution in [3.63, 3.8) is 0 Å². The van der Waals surface area contributed by atoms with Crippen molar-refractivity contribution in [3.05, 3.63) is 51.2 Å². The van der Waals surface area contributed by atoms with Crippen molar-refractivity contribution in [1.82, 2.24) is 0 Å². The van der Waals surface area contributed by atoms with Gasteiger partial charge in [-0.3, -0.25) is 4.79 Å². The fourth-order valence-corrected chi connectivity index (χ4v) is 2.50. The van der Waals surface area contributed by atoms with Crippen molar-refractivity contribution in [2.75, 3.05) is 0 Å². The molecular formula is C14H14O2S. The Hall–Kier alpha value is -1.61. The van der Waals surface area contributed by atoms with Crippen molar-refractivity contribution >= 4 is 17.1 Å². The van der Waals surface area contributed by atoms with Crippen LogP contribution in [0.25, 0.3) is 0 Å². The predicted octanol–water partition coefficient (Wildman–Crippen LogP) is 3.56. The van der Waals surface area contributed by atoms with Crippen LogP contribution in [0.2, 0.25) is 0 Å². The minimum Gasteiger partial charge on any atom is -0.507 e. The minimum absolute atomic E-state index is 0.0539. The van der Waals surface area contributed by atoms with Gasteiger partial charge in [-0.25, -0.2) is 0 Å². The van der Waals surface area contributed by atoms with Gasteiger partial charge in [0.15, 0.2) is 0 Å². The summed E-state index contributed by atoms with van der Waals surface area (Å²) in [5, 5.41) is 9.75. The van der Waals surface area contributed by atoms with Gasteiger partial charge in [-0.1, -0.05) is 13.0 Å². The van der Waals surface area contributed by atoms with Gasteiger partial charge in [-0.05, 0) is 43.2 Å². The standard InChI is InChI=1S/C14H14O2S/c1-3-10-5-6-12(15)11(8-10)14(16)13-7-4-9(2)17-13/h4-8,15H,3H2,1-2H3. The Morgan fingerprint density at radius 2 is 2.06 bits per heavy atom. The Morgan fingerprint density at radius 1 is 1.29 bits per heavy atom. The van der Waals surface area contributed by atoms with Gasteiger partial charge < -0.3 is 5.11 Å². The zero-order valence-corrected chi connectivity index (χ0v) is 10.7. The summed E-state index contributed by atoms with van der Waals surface area (Å²) in [7, 11) is 0. The second kappa shape index (κ2) is 4.72. The fraction of sp³-hybridized carbons (Fsp3) is 0.214. The number of benzene rings is 1. The van der Waals surface area contributed by atoms with E-state index in [1.807, 2.05) is 26.0 Å². The molecule has 0 amide bonds. The zero-order chi connectivity index (χ0) is 12.4. The third-order valence-corrected chi connectivity index (χ3v) is 3.68. The molecule has 1 N–H and O–H groups in total. The molecule has 2 aromatic rings. The average molecular weight is 246 g/mol. The first kappa shape index (κ1) is 11.9. The molecule has 0 saturated heterocycles. The number of phenolic OH excluding ortho intramolecular Hbond substituents is 1. The van der Waals surface area contributed by atoms with Crippen molar-refractivity contribution in [3.8, 4) is 5.75 Å². The second-order valence-electron chi connectivity index (χ2n) is 3.94. The highest BCUT2D eigenvalue weighted by atomic mass is 32.1. The molecule has 0 spiro atoms. The number of ketones is 1. The van der Waals surface area contributed by atoms with E-state index in [9.17, 15) is 9.90 Å². The van der Waals surface area contributed by atoms with E-state index in [2.05, 4.69) is 0 Å². The van der Waals surface area contributed by atoms with Crippen LogP contribution in [0.3, 0.4) is 0 Å². The molecule has 0 atom stereocenters. The third-order valence-electron chi connectivity index (χ3n) is 2.68. The molecular weight excluding hydrogens is 232 g/mol. The summed E-state index contributed by atoms with van der Waals surface area (Å²) in [4.78, 5) is 14.0. The number of hydrogen-bond acceptors (Lipinski definition) is 3. The molecule has 2 rings (SSSR count). The van der Waals surface area contributed by atoms with E-state index in [1.54, 1.807) is 18.2 Å². The van der Waals surface area contributed by atoms with E-state index in [1.165, 1.54) is 11.3 Å². The van der Waals surface area contributed by atoms with Gasteiger partial charge in [-0.2, -0.15) is 0 Å². The van der Waals surface area contributed by atoms with Crippen LogP contribution in [0.15, 0.2) is 30.3 Å². The number of phenols is 1. The lowest BCUT2D eigenvalue weighted by Crippen LogP contribution is -2.00. The Bertz CT molecular complexity index is 555. The smallest absolute Gasteiger partial charge is 0.206 e. The number of carbonyl (C=O) groups excluding carboxylic acids is 1. The molecule has 0 fully saturated rings. The van der Waals surface area contributed by atoms with Crippen LogP contribution in [-0.2, 0) is 6.42 Å². The molecule has 88 valence electrons. The van der Waals surface area contributed by atoms with Gasteiger partial charge in [0, 0.05) is 4.88 Å². The van der Waals surface area contributed by atoms with E-state index in [0.29, 0.717) is 10.4 Å². The Labute approximate surface area is 105 Å². The molecule has 1 heterocycles. The summed E-state index contributed by atoms with van der Waals surface area (Å²) in [6.45, 7) is 3.99. The molecule has 0 aliphatic rings. The minimum atomic E-state index is -0.101. The van der Waals surface area contributed by atoms with Gasteiger partial charge >= 0.3 is 0 Å². The van der Waals surface area contributed by atoms with E-state index in [4.69, 9.17) is 0 Å². The monoisotopic (exact) mass is 246 g/mol.